The lowest BCUT2D eigenvalue weighted by atomic mass is 9.91. The van der Waals surface area contributed by atoms with E-state index in [1.54, 1.807) is 0 Å². The molecule has 1 aliphatic rings. The lowest BCUT2D eigenvalue weighted by Gasteiger charge is -2.16. The van der Waals surface area contributed by atoms with E-state index in [0.29, 0.717) is 5.92 Å². The van der Waals surface area contributed by atoms with E-state index in [1.165, 1.54) is 11.1 Å². The molecule has 0 aromatic carbocycles. The summed E-state index contributed by atoms with van der Waals surface area (Å²) in [7, 11) is 0. The van der Waals surface area contributed by atoms with Crippen LogP contribution in [-0.2, 0) is 0 Å². The average Bonchev–Trinajstić information content (AvgIpc) is 1.95. The van der Waals surface area contributed by atoms with Crippen LogP contribution >= 0.6 is 0 Å². The summed E-state index contributed by atoms with van der Waals surface area (Å²) < 4.78 is 0. The highest BCUT2D eigenvalue weighted by molar-refractivity contribution is 5.27. The van der Waals surface area contributed by atoms with Gasteiger partial charge < -0.3 is 5.73 Å². The molecule has 0 aromatic rings. The Labute approximate surface area is 62.6 Å². The van der Waals surface area contributed by atoms with Crippen molar-refractivity contribution in [2.45, 2.75) is 20.3 Å². The SMILES string of the molecule is CC1=C(C)CC(CN)C=C1. The third kappa shape index (κ3) is 1.48. The van der Waals surface area contributed by atoms with E-state index in [0.717, 1.165) is 13.0 Å². The van der Waals surface area contributed by atoms with Crippen LogP contribution in [0.15, 0.2) is 23.3 Å². The maximum Gasteiger partial charge on any atom is -0.00110 e. The Morgan fingerprint density at radius 1 is 1.60 bits per heavy atom. The predicted molar refractivity (Wildman–Crippen MR) is 44.7 cm³/mol. The van der Waals surface area contributed by atoms with Gasteiger partial charge in [-0.15, -0.1) is 0 Å². The predicted octanol–water partition coefficient (Wildman–Crippen LogP) is 1.86. The normalized spacial score (nSPS) is 25.7. The van der Waals surface area contributed by atoms with Crippen molar-refractivity contribution in [3.05, 3.63) is 23.3 Å². The minimum atomic E-state index is 0.587. The first-order valence-electron chi connectivity index (χ1n) is 3.78. The van der Waals surface area contributed by atoms with Gasteiger partial charge in [0.05, 0.1) is 0 Å². The van der Waals surface area contributed by atoms with Gasteiger partial charge in [-0.05, 0) is 32.7 Å². The largest absolute Gasteiger partial charge is 0.330 e. The van der Waals surface area contributed by atoms with Crippen molar-refractivity contribution in [1.29, 1.82) is 0 Å². The fourth-order valence-corrected chi connectivity index (χ4v) is 1.21. The summed E-state index contributed by atoms with van der Waals surface area (Å²) in [6.07, 6.45) is 5.54. The zero-order valence-electron chi connectivity index (χ0n) is 6.72. The molecule has 1 nitrogen and oxygen atoms in total. The van der Waals surface area contributed by atoms with Crippen molar-refractivity contribution in [3.63, 3.8) is 0 Å². The van der Waals surface area contributed by atoms with Gasteiger partial charge in [-0.2, -0.15) is 0 Å². The van der Waals surface area contributed by atoms with E-state index in [4.69, 9.17) is 5.73 Å². The molecule has 2 N–H and O–H groups in total. The fourth-order valence-electron chi connectivity index (χ4n) is 1.21. The molecule has 0 spiro atoms. The molecule has 1 unspecified atom stereocenters. The summed E-state index contributed by atoms with van der Waals surface area (Å²) in [5.74, 6) is 0.587. The maximum absolute atomic E-state index is 5.54. The Bertz CT molecular complexity index is 177. The summed E-state index contributed by atoms with van der Waals surface area (Å²) >= 11 is 0. The van der Waals surface area contributed by atoms with Crippen LogP contribution in [-0.4, -0.2) is 6.54 Å². The highest BCUT2D eigenvalue weighted by Crippen LogP contribution is 2.21. The Morgan fingerprint density at radius 3 is 2.80 bits per heavy atom. The van der Waals surface area contributed by atoms with Crippen LogP contribution in [0.4, 0.5) is 0 Å². The number of allylic oxidation sites excluding steroid dienone is 3. The molecule has 0 saturated carbocycles. The van der Waals surface area contributed by atoms with Crippen LogP contribution in [0.5, 0.6) is 0 Å². The Kier molecular flexibility index (Phi) is 2.28. The van der Waals surface area contributed by atoms with Crippen molar-refractivity contribution in [2.24, 2.45) is 11.7 Å². The van der Waals surface area contributed by atoms with E-state index in [1.807, 2.05) is 0 Å². The molecular formula is C9H15N. The van der Waals surface area contributed by atoms with Crippen molar-refractivity contribution >= 4 is 0 Å². The summed E-state index contributed by atoms with van der Waals surface area (Å²) in [5, 5.41) is 0. The molecule has 0 aliphatic heterocycles. The van der Waals surface area contributed by atoms with Gasteiger partial charge in [0.15, 0.2) is 0 Å². The molecule has 1 atom stereocenters. The van der Waals surface area contributed by atoms with E-state index >= 15 is 0 Å². The molecule has 10 heavy (non-hydrogen) atoms. The van der Waals surface area contributed by atoms with E-state index in [-0.39, 0.29) is 0 Å². The summed E-state index contributed by atoms with van der Waals surface area (Å²) in [6, 6.07) is 0. The summed E-state index contributed by atoms with van der Waals surface area (Å²) in [6.45, 7) is 5.11. The average molecular weight is 137 g/mol. The molecule has 0 fully saturated rings. The zero-order chi connectivity index (χ0) is 7.56. The minimum Gasteiger partial charge on any atom is -0.330 e. The molecule has 0 bridgehead atoms. The Balaban J connectivity index is 2.65. The van der Waals surface area contributed by atoms with Crippen LogP contribution in [0.25, 0.3) is 0 Å². The van der Waals surface area contributed by atoms with Crippen LogP contribution in [0.3, 0.4) is 0 Å². The minimum absolute atomic E-state index is 0.587. The molecular weight excluding hydrogens is 122 g/mol. The summed E-state index contributed by atoms with van der Waals surface area (Å²) in [4.78, 5) is 0. The maximum atomic E-state index is 5.54. The molecule has 0 saturated heterocycles. The number of rotatable bonds is 1. The van der Waals surface area contributed by atoms with Crippen molar-refractivity contribution in [1.82, 2.24) is 0 Å². The van der Waals surface area contributed by atoms with Gasteiger partial charge in [0.2, 0.25) is 0 Å². The van der Waals surface area contributed by atoms with E-state index < -0.39 is 0 Å². The second-order valence-corrected chi connectivity index (χ2v) is 3.02. The fraction of sp³-hybridized carbons (Fsp3) is 0.556. The van der Waals surface area contributed by atoms with Crippen LogP contribution in [0.1, 0.15) is 20.3 Å². The lowest BCUT2D eigenvalue weighted by molar-refractivity contribution is 0.642. The van der Waals surface area contributed by atoms with Crippen LogP contribution in [0, 0.1) is 5.92 Å². The monoisotopic (exact) mass is 137 g/mol. The molecule has 1 rings (SSSR count). The summed E-state index contributed by atoms with van der Waals surface area (Å²) in [5.41, 5.74) is 8.43. The molecule has 0 radical (unpaired) electrons. The van der Waals surface area contributed by atoms with Gasteiger partial charge in [-0.3, -0.25) is 0 Å². The van der Waals surface area contributed by atoms with Gasteiger partial charge in [0, 0.05) is 0 Å². The van der Waals surface area contributed by atoms with Gasteiger partial charge in [-0.1, -0.05) is 23.3 Å². The first-order chi connectivity index (χ1) is 4.74. The number of nitrogens with two attached hydrogens (primary N) is 1. The van der Waals surface area contributed by atoms with E-state index in [2.05, 4.69) is 26.0 Å². The topological polar surface area (TPSA) is 26.0 Å². The van der Waals surface area contributed by atoms with Crippen molar-refractivity contribution in [2.75, 3.05) is 6.54 Å². The smallest absolute Gasteiger partial charge is 0.00110 e. The third-order valence-corrected chi connectivity index (χ3v) is 2.16. The molecule has 0 heterocycles. The highest BCUT2D eigenvalue weighted by Gasteiger charge is 2.08. The first kappa shape index (κ1) is 7.55. The van der Waals surface area contributed by atoms with Gasteiger partial charge >= 0.3 is 0 Å². The van der Waals surface area contributed by atoms with Gasteiger partial charge in [-0.25, -0.2) is 0 Å². The van der Waals surface area contributed by atoms with Crippen molar-refractivity contribution < 1.29 is 0 Å². The van der Waals surface area contributed by atoms with Crippen molar-refractivity contribution in [3.8, 4) is 0 Å². The highest BCUT2D eigenvalue weighted by atomic mass is 14.5. The van der Waals surface area contributed by atoms with Gasteiger partial charge in [0.25, 0.3) is 0 Å². The molecule has 0 aromatic heterocycles. The first-order valence-corrected chi connectivity index (χ1v) is 3.78. The van der Waals surface area contributed by atoms with E-state index in [9.17, 15) is 0 Å². The zero-order valence-corrected chi connectivity index (χ0v) is 6.72. The Morgan fingerprint density at radius 2 is 2.30 bits per heavy atom. The Hall–Kier alpha value is -0.560. The molecule has 1 aliphatic carbocycles. The lowest BCUT2D eigenvalue weighted by Crippen LogP contribution is -2.14. The second kappa shape index (κ2) is 3.02. The van der Waals surface area contributed by atoms with Crippen LogP contribution in [0.2, 0.25) is 0 Å². The molecule has 56 valence electrons. The number of hydrogen-bond acceptors (Lipinski definition) is 1. The third-order valence-electron chi connectivity index (χ3n) is 2.16. The quantitative estimate of drug-likeness (QED) is 0.586. The molecule has 1 heteroatoms. The second-order valence-electron chi connectivity index (χ2n) is 3.02. The van der Waals surface area contributed by atoms with Gasteiger partial charge in [0.1, 0.15) is 0 Å². The van der Waals surface area contributed by atoms with Crippen LogP contribution < -0.4 is 5.73 Å². The number of hydrogen-bond donors (Lipinski definition) is 1. The standard InChI is InChI=1S/C9H15N/c1-7-3-4-9(6-10)5-8(7)2/h3-4,9H,5-6,10H2,1-2H3. The molecule has 0 amide bonds.